The minimum atomic E-state index is -4.79. The molecule has 1 aromatic heterocycles. The van der Waals surface area contributed by atoms with Gasteiger partial charge in [0.25, 0.3) is 5.91 Å². The number of aryl methyl sites for hydroxylation is 1. The molecule has 9 heteroatoms. The van der Waals surface area contributed by atoms with E-state index in [9.17, 15) is 27.5 Å². The Balaban J connectivity index is 2.00. The summed E-state index contributed by atoms with van der Waals surface area (Å²) in [7, 11) is 0. The first kappa shape index (κ1) is 19.6. The van der Waals surface area contributed by atoms with Crippen LogP contribution in [0.15, 0.2) is 42.5 Å². The SMILES string of the molecule is Cc1ccc(NC(=O)c2nc(C(F)(F)F)[nH]c2-c2ccc(F)cc2)cc1CO. The number of aliphatic hydroxyl groups is 1. The molecule has 0 spiro atoms. The number of carbonyl (C=O) groups excluding carboxylic acids is 1. The average molecular weight is 393 g/mol. The van der Waals surface area contributed by atoms with Gasteiger partial charge in [0, 0.05) is 11.3 Å². The Morgan fingerprint density at radius 2 is 1.86 bits per heavy atom. The van der Waals surface area contributed by atoms with E-state index in [2.05, 4.69) is 15.3 Å². The van der Waals surface area contributed by atoms with Crippen molar-refractivity contribution in [2.45, 2.75) is 19.7 Å². The van der Waals surface area contributed by atoms with E-state index in [0.29, 0.717) is 11.3 Å². The number of aromatic nitrogens is 2. The Labute approximate surface area is 157 Å². The number of aliphatic hydroxyl groups excluding tert-OH is 1. The Bertz CT molecular complexity index is 1010. The lowest BCUT2D eigenvalue weighted by atomic mass is 10.1. The first-order chi connectivity index (χ1) is 13.2. The summed E-state index contributed by atoms with van der Waals surface area (Å²) in [5, 5.41) is 11.8. The van der Waals surface area contributed by atoms with Crippen LogP contribution in [0, 0.1) is 12.7 Å². The highest BCUT2D eigenvalue weighted by molar-refractivity contribution is 6.06. The molecular formula is C19H15F4N3O2. The Morgan fingerprint density at radius 1 is 1.18 bits per heavy atom. The van der Waals surface area contributed by atoms with Gasteiger partial charge in [0.1, 0.15) is 5.82 Å². The molecular weight excluding hydrogens is 378 g/mol. The number of alkyl halides is 3. The average Bonchev–Trinajstić information content (AvgIpc) is 3.10. The molecule has 0 aliphatic rings. The molecule has 1 heterocycles. The summed E-state index contributed by atoms with van der Waals surface area (Å²) >= 11 is 0. The number of rotatable bonds is 4. The van der Waals surface area contributed by atoms with Crippen LogP contribution in [0.2, 0.25) is 0 Å². The van der Waals surface area contributed by atoms with E-state index in [4.69, 9.17) is 0 Å². The number of hydrogen-bond donors (Lipinski definition) is 3. The van der Waals surface area contributed by atoms with Crippen molar-refractivity contribution in [2.24, 2.45) is 0 Å². The van der Waals surface area contributed by atoms with Crippen LogP contribution in [-0.4, -0.2) is 21.0 Å². The van der Waals surface area contributed by atoms with Gasteiger partial charge >= 0.3 is 6.18 Å². The fourth-order valence-corrected chi connectivity index (χ4v) is 2.61. The summed E-state index contributed by atoms with van der Waals surface area (Å²) < 4.78 is 52.4. The number of halogens is 4. The predicted octanol–water partition coefficient (Wildman–Crippen LogP) is 4.29. The molecule has 0 saturated carbocycles. The molecule has 146 valence electrons. The Morgan fingerprint density at radius 3 is 2.46 bits per heavy atom. The molecule has 0 radical (unpaired) electrons. The number of H-pyrrole nitrogens is 1. The summed E-state index contributed by atoms with van der Waals surface area (Å²) in [6.45, 7) is 1.52. The normalized spacial score (nSPS) is 11.5. The minimum Gasteiger partial charge on any atom is -0.392 e. The maximum Gasteiger partial charge on any atom is 0.449 e. The lowest BCUT2D eigenvalue weighted by Gasteiger charge is -2.09. The van der Waals surface area contributed by atoms with Crippen molar-refractivity contribution < 1.29 is 27.5 Å². The molecule has 2 aromatic carbocycles. The van der Waals surface area contributed by atoms with Crippen molar-refractivity contribution in [3.05, 3.63) is 70.9 Å². The third-order valence-corrected chi connectivity index (χ3v) is 4.10. The molecule has 3 N–H and O–H groups in total. The lowest BCUT2D eigenvalue weighted by molar-refractivity contribution is -0.144. The molecule has 0 atom stereocenters. The number of amides is 1. The van der Waals surface area contributed by atoms with Gasteiger partial charge < -0.3 is 15.4 Å². The topological polar surface area (TPSA) is 78.0 Å². The van der Waals surface area contributed by atoms with Crippen LogP contribution < -0.4 is 5.32 Å². The molecule has 0 unspecified atom stereocenters. The summed E-state index contributed by atoms with van der Waals surface area (Å²) in [6, 6.07) is 9.36. The van der Waals surface area contributed by atoms with Crippen molar-refractivity contribution in [2.75, 3.05) is 5.32 Å². The molecule has 3 aromatic rings. The lowest BCUT2D eigenvalue weighted by Crippen LogP contribution is -2.15. The van der Waals surface area contributed by atoms with Gasteiger partial charge in [-0.2, -0.15) is 13.2 Å². The molecule has 0 bridgehead atoms. The van der Waals surface area contributed by atoms with Crippen molar-refractivity contribution in [1.29, 1.82) is 0 Å². The second-order valence-corrected chi connectivity index (χ2v) is 6.07. The first-order valence-corrected chi connectivity index (χ1v) is 8.14. The van der Waals surface area contributed by atoms with Crippen LogP contribution in [0.25, 0.3) is 11.3 Å². The van der Waals surface area contributed by atoms with Crippen molar-refractivity contribution in [3.63, 3.8) is 0 Å². The predicted molar refractivity (Wildman–Crippen MR) is 94.0 cm³/mol. The zero-order chi connectivity index (χ0) is 20.5. The number of imidazole rings is 1. The van der Waals surface area contributed by atoms with Gasteiger partial charge in [-0.1, -0.05) is 6.07 Å². The number of nitrogens with one attached hydrogen (secondary N) is 2. The monoisotopic (exact) mass is 393 g/mol. The van der Waals surface area contributed by atoms with Crippen LogP contribution in [0.5, 0.6) is 0 Å². The molecule has 28 heavy (non-hydrogen) atoms. The van der Waals surface area contributed by atoms with Crippen LogP contribution >= 0.6 is 0 Å². The van der Waals surface area contributed by atoms with E-state index < -0.39 is 29.4 Å². The van der Waals surface area contributed by atoms with E-state index in [0.717, 1.165) is 17.7 Å². The van der Waals surface area contributed by atoms with Gasteiger partial charge in [0.2, 0.25) is 5.82 Å². The van der Waals surface area contributed by atoms with Crippen LogP contribution in [0.4, 0.5) is 23.2 Å². The third-order valence-electron chi connectivity index (χ3n) is 4.10. The highest BCUT2D eigenvalue weighted by Crippen LogP contribution is 2.31. The highest BCUT2D eigenvalue weighted by atomic mass is 19.4. The van der Waals surface area contributed by atoms with Crippen molar-refractivity contribution in [1.82, 2.24) is 9.97 Å². The number of hydrogen-bond acceptors (Lipinski definition) is 3. The molecule has 0 aliphatic heterocycles. The fourth-order valence-electron chi connectivity index (χ4n) is 2.61. The second-order valence-electron chi connectivity index (χ2n) is 6.07. The van der Waals surface area contributed by atoms with E-state index in [-0.39, 0.29) is 17.9 Å². The maximum atomic E-state index is 13.1. The van der Waals surface area contributed by atoms with Crippen LogP contribution in [0.1, 0.15) is 27.4 Å². The number of nitrogens with zero attached hydrogens (tertiary/aromatic N) is 1. The van der Waals surface area contributed by atoms with E-state index in [1.807, 2.05) is 0 Å². The third kappa shape index (κ3) is 4.04. The zero-order valence-electron chi connectivity index (χ0n) is 14.6. The highest BCUT2D eigenvalue weighted by Gasteiger charge is 2.37. The summed E-state index contributed by atoms with van der Waals surface area (Å²) in [4.78, 5) is 18.1. The molecule has 3 rings (SSSR count). The number of carbonyl (C=O) groups is 1. The molecule has 0 fully saturated rings. The molecule has 0 aliphatic carbocycles. The maximum absolute atomic E-state index is 13.1. The fraction of sp³-hybridized carbons (Fsp3) is 0.158. The van der Waals surface area contributed by atoms with Gasteiger partial charge in [-0.25, -0.2) is 9.37 Å². The summed E-state index contributed by atoms with van der Waals surface area (Å²) in [5.74, 6) is -2.78. The number of aromatic amines is 1. The van der Waals surface area contributed by atoms with Crippen LogP contribution in [-0.2, 0) is 12.8 Å². The Hall–Kier alpha value is -3.20. The summed E-state index contributed by atoms with van der Waals surface area (Å²) in [5.41, 5.74) is 1.17. The van der Waals surface area contributed by atoms with E-state index in [1.165, 1.54) is 18.2 Å². The van der Waals surface area contributed by atoms with Gasteiger partial charge in [-0.05, 0) is 54.4 Å². The smallest absolute Gasteiger partial charge is 0.392 e. The van der Waals surface area contributed by atoms with Crippen molar-refractivity contribution in [3.8, 4) is 11.3 Å². The minimum absolute atomic E-state index is 0.175. The standard InChI is InChI=1S/C19H15F4N3O2/c1-10-2-7-14(8-12(10)9-27)24-17(28)16-15(11-3-5-13(20)6-4-11)25-18(26-16)19(21,22)23/h2-8,27H,9H2,1H3,(H,24,28)(H,25,26). The molecule has 0 saturated heterocycles. The second kappa shape index (κ2) is 7.43. The summed E-state index contributed by atoms with van der Waals surface area (Å²) in [6.07, 6.45) is -4.79. The van der Waals surface area contributed by atoms with Gasteiger partial charge in [0.05, 0.1) is 12.3 Å². The quantitative estimate of drug-likeness (QED) is 0.579. The van der Waals surface area contributed by atoms with Gasteiger partial charge in [-0.3, -0.25) is 4.79 Å². The van der Waals surface area contributed by atoms with Gasteiger partial charge in [0.15, 0.2) is 5.69 Å². The van der Waals surface area contributed by atoms with Crippen molar-refractivity contribution >= 4 is 11.6 Å². The van der Waals surface area contributed by atoms with E-state index in [1.54, 1.807) is 19.1 Å². The molecule has 1 amide bonds. The first-order valence-electron chi connectivity index (χ1n) is 8.14. The van der Waals surface area contributed by atoms with Crippen LogP contribution in [0.3, 0.4) is 0 Å². The number of anilines is 1. The van der Waals surface area contributed by atoms with E-state index >= 15 is 0 Å². The Kier molecular flexibility index (Phi) is 5.19. The van der Waals surface area contributed by atoms with Gasteiger partial charge in [-0.15, -0.1) is 0 Å². The molecule has 5 nitrogen and oxygen atoms in total. The largest absolute Gasteiger partial charge is 0.449 e. The zero-order valence-corrected chi connectivity index (χ0v) is 14.6. The number of benzene rings is 2.